The molecule has 7 nitrogen and oxygen atoms in total. The molecule has 1 aliphatic heterocycles. The molecule has 8 heteroatoms. The average molecular weight is 474 g/mol. The summed E-state index contributed by atoms with van der Waals surface area (Å²) < 4.78 is 24.4. The number of aromatic nitrogens is 2. The summed E-state index contributed by atoms with van der Waals surface area (Å²) in [6, 6.07) is 18.1. The van der Waals surface area contributed by atoms with Crippen LogP contribution in [0.4, 0.5) is 4.39 Å². The van der Waals surface area contributed by atoms with E-state index in [1.807, 2.05) is 31.2 Å². The van der Waals surface area contributed by atoms with Crippen LogP contribution in [0.1, 0.15) is 40.1 Å². The lowest BCUT2D eigenvalue weighted by Crippen LogP contribution is -2.29. The van der Waals surface area contributed by atoms with Gasteiger partial charge in [0.05, 0.1) is 25.5 Å². The van der Waals surface area contributed by atoms with Crippen LogP contribution in [0.15, 0.2) is 66.7 Å². The molecule has 178 valence electrons. The Kier molecular flexibility index (Phi) is 5.86. The first-order valence-electron chi connectivity index (χ1n) is 11.2. The molecule has 1 unspecified atom stereocenters. The van der Waals surface area contributed by atoms with Gasteiger partial charge in [0, 0.05) is 17.7 Å². The summed E-state index contributed by atoms with van der Waals surface area (Å²) in [7, 11) is 1.60. The molecule has 0 aliphatic carbocycles. The van der Waals surface area contributed by atoms with Crippen molar-refractivity contribution in [2.45, 2.75) is 19.5 Å². The molecule has 3 aromatic carbocycles. The Balaban J connectivity index is 1.63. The number of H-pyrrole nitrogens is 1. The molecule has 0 fully saturated rings. The van der Waals surface area contributed by atoms with Gasteiger partial charge in [0.2, 0.25) is 0 Å². The number of fused-ring (bicyclic) bond motifs is 1. The van der Waals surface area contributed by atoms with Gasteiger partial charge in [0.25, 0.3) is 5.91 Å². The third-order valence-electron chi connectivity index (χ3n) is 6.09. The number of benzene rings is 3. The second-order valence-corrected chi connectivity index (χ2v) is 8.21. The van der Waals surface area contributed by atoms with Crippen molar-refractivity contribution in [2.75, 3.05) is 13.7 Å². The number of ether oxygens (including phenoxy) is 2. The van der Waals surface area contributed by atoms with E-state index in [0.29, 0.717) is 29.5 Å². The molecule has 1 aromatic heterocycles. The van der Waals surface area contributed by atoms with Gasteiger partial charge in [-0.15, -0.1) is 0 Å². The quantitative estimate of drug-likeness (QED) is 0.391. The number of hydrogen-bond donors (Lipinski definition) is 2. The predicted octanol–water partition coefficient (Wildman–Crippen LogP) is 5.07. The predicted molar refractivity (Wildman–Crippen MR) is 128 cm³/mol. The summed E-state index contributed by atoms with van der Waals surface area (Å²) in [6.07, 6.45) is 0. The maximum Gasteiger partial charge on any atom is 0.273 e. The first kappa shape index (κ1) is 22.5. The number of phenols is 1. The zero-order valence-corrected chi connectivity index (χ0v) is 19.3. The maximum absolute atomic E-state index is 13.6. The molecule has 0 spiro atoms. The van der Waals surface area contributed by atoms with E-state index < -0.39 is 6.04 Å². The number of halogens is 1. The van der Waals surface area contributed by atoms with Gasteiger partial charge < -0.3 is 19.5 Å². The topological polar surface area (TPSA) is 87.7 Å². The Morgan fingerprint density at radius 1 is 1.09 bits per heavy atom. The number of carbonyl (C=O) groups is 1. The van der Waals surface area contributed by atoms with Crippen molar-refractivity contribution in [3.8, 4) is 28.5 Å². The number of nitrogens with zero attached hydrogens (tertiary/aromatic N) is 2. The molecule has 2 heterocycles. The van der Waals surface area contributed by atoms with Gasteiger partial charge in [-0.1, -0.05) is 18.2 Å². The fraction of sp³-hybridized carbons (Fsp3) is 0.185. The number of hydrogen-bond acceptors (Lipinski definition) is 5. The molecule has 5 rings (SSSR count). The summed E-state index contributed by atoms with van der Waals surface area (Å²) in [5, 5.41) is 17.7. The second kappa shape index (κ2) is 9.13. The molecule has 0 saturated carbocycles. The zero-order chi connectivity index (χ0) is 24.5. The Hall–Kier alpha value is -4.33. The van der Waals surface area contributed by atoms with Crippen molar-refractivity contribution < 1.29 is 23.8 Å². The Bertz CT molecular complexity index is 1370. The maximum atomic E-state index is 13.6. The van der Waals surface area contributed by atoms with Crippen molar-refractivity contribution in [3.05, 3.63) is 94.9 Å². The van der Waals surface area contributed by atoms with Gasteiger partial charge in [0.15, 0.2) is 11.5 Å². The first-order chi connectivity index (χ1) is 17.0. The largest absolute Gasteiger partial charge is 0.504 e. The lowest BCUT2D eigenvalue weighted by atomic mass is 9.95. The van der Waals surface area contributed by atoms with Gasteiger partial charge in [-0.3, -0.25) is 9.89 Å². The number of aromatic amines is 1. The fourth-order valence-electron chi connectivity index (χ4n) is 4.43. The third-order valence-corrected chi connectivity index (χ3v) is 6.09. The number of rotatable bonds is 7. The number of phenolic OH excluding ortho intramolecular Hbond substituents is 1. The molecule has 1 aliphatic rings. The Labute approximate surface area is 201 Å². The highest BCUT2D eigenvalue weighted by atomic mass is 19.1. The first-order valence-corrected chi connectivity index (χ1v) is 11.2. The molecule has 0 bridgehead atoms. The second-order valence-electron chi connectivity index (χ2n) is 8.21. The molecule has 4 aromatic rings. The SMILES string of the molecule is CCOc1cc(C2c3c(-c4ccc(OC)cc4)n[nH]c3C(=O)N2Cc2ccc(F)cc2)ccc1O. The minimum Gasteiger partial charge on any atom is -0.504 e. The van der Waals surface area contributed by atoms with Crippen LogP contribution in [-0.4, -0.2) is 39.8 Å². The van der Waals surface area contributed by atoms with Crippen LogP contribution >= 0.6 is 0 Å². The van der Waals surface area contributed by atoms with Crippen LogP contribution in [0.3, 0.4) is 0 Å². The highest BCUT2D eigenvalue weighted by Crippen LogP contribution is 2.45. The van der Waals surface area contributed by atoms with Crippen LogP contribution in [0.5, 0.6) is 17.2 Å². The number of amides is 1. The molecular formula is C27H24FN3O4. The van der Waals surface area contributed by atoms with Crippen molar-refractivity contribution in [2.24, 2.45) is 0 Å². The van der Waals surface area contributed by atoms with Crippen molar-refractivity contribution in [3.63, 3.8) is 0 Å². The van der Waals surface area contributed by atoms with Crippen LogP contribution in [0, 0.1) is 5.82 Å². The summed E-state index contributed by atoms with van der Waals surface area (Å²) in [5.41, 5.74) is 4.15. The molecule has 1 atom stereocenters. The van der Waals surface area contributed by atoms with Gasteiger partial charge >= 0.3 is 0 Å². The van der Waals surface area contributed by atoms with Crippen molar-refractivity contribution in [1.82, 2.24) is 15.1 Å². The lowest BCUT2D eigenvalue weighted by Gasteiger charge is -2.27. The normalized spacial score (nSPS) is 14.8. The minimum atomic E-state index is -0.502. The van der Waals surface area contributed by atoms with E-state index in [9.17, 15) is 14.3 Å². The third kappa shape index (κ3) is 4.07. The standard InChI is InChI=1S/C27H24FN3O4/c1-3-35-22-14-18(8-13-21(22)32)26-23-24(17-6-11-20(34-2)12-7-17)29-30-25(23)27(33)31(26)15-16-4-9-19(28)10-5-16/h4-14,26,32H,3,15H2,1-2H3,(H,29,30). The van der Waals surface area contributed by atoms with E-state index in [1.54, 1.807) is 42.3 Å². The number of aromatic hydroxyl groups is 1. The minimum absolute atomic E-state index is 0.0211. The number of nitrogens with one attached hydrogen (secondary N) is 1. The van der Waals surface area contributed by atoms with Crippen molar-refractivity contribution >= 4 is 5.91 Å². The molecular weight excluding hydrogens is 449 g/mol. The van der Waals surface area contributed by atoms with E-state index in [0.717, 1.165) is 22.3 Å². The Morgan fingerprint density at radius 2 is 1.83 bits per heavy atom. The van der Waals surface area contributed by atoms with E-state index >= 15 is 0 Å². The van der Waals surface area contributed by atoms with Gasteiger partial charge in [-0.25, -0.2) is 4.39 Å². The smallest absolute Gasteiger partial charge is 0.273 e. The van der Waals surface area contributed by atoms with E-state index in [-0.39, 0.29) is 24.0 Å². The number of carbonyl (C=O) groups excluding carboxylic acids is 1. The fourth-order valence-corrected chi connectivity index (χ4v) is 4.43. The van der Waals surface area contributed by atoms with Crippen LogP contribution in [0.25, 0.3) is 11.3 Å². The monoisotopic (exact) mass is 473 g/mol. The van der Waals surface area contributed by atoms with E-state index in [1.165, 1.54) is 12.1 Å². The zero-order valence-electron chi connectivity index (χ0n) is 19.3. The van der Waals surface area contributed by atoms with E-state index in [2.05, 4.69) is 10.2 Å². The van der Waals surface area contributed by atoms with Crippen LogP contribution in [-0.2, 0) is 6.54 Å². The van der Waals surface area contributed by atoms with Crippen LogP contribution < -0.4 is 9.47 Å². The van der Waals surface area contributed by atoms with E-state index in [4.69, 9.17) is 9.47 Å². The van der Waals surface area contributed by atoms with Crippen molar-refractivity contribution in [1.29, 1.82) is 0 Å². The highest BCUT2D eigenvalue weighted by Gasteiger charge is 2.42. The van der Waals surface area contributed by atoms with Gasteiger partial charge in [0.1, 0.15) is 17.3 Å². The molecule has 1 amide bonds. The molecule has 2 N–H and O–H groups in total. The highest BCUT2D eigenvalue weighted by molar-refractivity contribution is 6.00. The summed E-state index contributed by atoms with van der Waals surface area (Å²) in [6.45, 7) is 2.48. The van der Waals surface area contributed by atoms with Crippen LogP contribution in [0.2, 0.25) is 0 Å². The van der Waals surface area contributed by atoms with Gasteiger partial charge in [-0.05, 0) is 66.6 Å². The Morgan fingerprint density at radius 3 is 2.51 bits per heavy atom. The molecule has 0 saturated heterocycles. The molecule has 35 heavy (non-hydrogen) atoms. The lowest BCUT2D eigenvalue weighted by molar-refractivity contribution is 0.0730. The summed E-state index contributed by atoms with van der Waals surface area (Å²) in [4.78, 5) is 15.3. The molecule has 0 radical (unpaired) electrons. The average Bonchev–Trinajstić information content (AvgIpc) is 3.41. The number of methoxy groups -OCH3 is 1. The van der Waals surface area contributed by atoms with Gasteiger partial charge in [-0.2, -0.15) is 5.10 Å². The summed E-state index contributed by atoms with van der Waals surface area (Å²) in [5.74, 6) is 0.517. The summed E-state index contributed by atoms with van der Waals surface area (Å²) >= 11 is 0.